The molecule has 1 amide bonds. The number of alkyl halides is 4. The van der Waals surface area contributed by atoms with Crippen LogP contribution in [0.15, 0.2) is 30.3 Å². The van der Waals surface area contributed by atoms with Crippen LogP contribution in [0.2, 0.25) is 0 Å². The Morgan fingerprint density at radius 3 is 2.38 bits per heavy atom. The molecular weight excluding hydrogens is 593 g/mol. The van der Waals surface area contributed by atoms with Crippen molar-refractivity contribution in [3.8, 4) is 0 Å². The molecule has 0 saturated carbocycles. The van der Waals surface area contributed by atoms with Gasteiger partial charge in [-0.2, -0.15) is 8.78 Å². The Bertz CT molecular complexity index is 1380. The van der Waals surface area contributed by atoms with Crippen molar-refractivity contribution in [2.24, 2.45) is 5.73 Å². The van der Waals surface area contributed by atoms with Crippen molar-refractivity contribution in [1.82, 2.24) is 14.6 Å². The molecule has 1 fully saturated rings. The van der Waals surface area contributed by atoms with Gasteiger partial charge >= 0.3 is 41.6 Å². The van der Waals surface area contributed by atoms with E-state index in [1.807, 2.05) is 4.72 Å². The molecule has 3 N–H and O–H groups in total. The maximum Gasteiger partial charge on any atom is 1.00 e. The number of halogens is 5. The second kappa shape index (κ2) is 13.9. The second-order valence-electron chi connectivity index (χ2n) is 10.7. The summed E-state index contributed by atoms with van der Waals surface area (Å²) in [5, 5.41) is 0. The Labute approximate surface area is 266 Å². The Morgan fingerprint density at radius 1 is 1.21 bits per heavy atom. The summed E-state index contributed by atoms with van der Waals surface area (Å²) in [6, 6.07) is 2.10. The molecule has 2 aromatic rings. The molecule has 3 rings (SSSR count). The summed E-state index contributed by atoms with van der Waals surface area (Å²) < 4.78 is 109. The Balaban J connectivity index is 0.00000441. The van der Waals surface area contributed by atoms with Crippen LogP contribution in [0.25, 0.3) is 0 Å². The van der Waals surface area contributed by atoms with E-state index in [0.717, 1.165) is 18.2 Å². The molecule has 16 heteroatoms. The van der Waals surface area contributed by atoms with Crippen molar-refractivity contribution in [2.75, 3.05) is 12.3 Å². The van der Waals surface area contributed by atoms with Crippen molar-refractivity contribution in [2.45, 2.75) is 77.1 Å². The number of rotatable bonds is 8. The number of benzene rings is 1. The number of hydrogen-bond acceptors (Lipinski definition) is 6. The maximum atomic E-state index is 15.8. The summed E-state index contributed by atoms with van der Waals surface area (Å²) in [6.07, 6.45) is -1.90. The van der Waals surface area contributed by atoms with E-state index in [1.54, 1.807) is 0 Å². The van der Waals surface area contributed by atoms with E-state index in [1.165, 1.54) is 46.8 Å². The van der Waals surface area contributed by atoms with Crippen molar-refractivity contribution in [1.29, 1.82) is 0 Å². The predicted molar refractivity (Wildman–Crippen MR) is 149 cm³/mol. The third kappa shape index (κ3) is 8.44. The molecule has 2 heterocycles. The Morgan fingerprint density at radius 2 is 1.83 bits per heavy atom. The SMILES string of the molecule is CCS(=O)(=O)N[C@@H]1[C@H](Cc2cccc(C(F)(F)c3nc(CN)ccc3C)c2F)N(C(=O)OC(C)(C)C)CC1(F)F.[BH4-].[Na+]. The third-order valence-electron chi connectivity index (χ3n) is 6.44. The normalized spacial score (nSPS) is 18.7. The largest absolute Gasteiger partial charge is 1.00 e. The number of sulfonamides is 1. The first-order valence-corrected chi connectivity index (χ1v) is 14.2. The first-order chi connectivity index (χ1) is 18.3. The third-order valence-corrected chi connectivity index (χ3v) is 7.82. The maximum absolute atomic E-state index is 15.8. The molecule has 0 spiro atoms. The molecule has 1 aromatic heterocycles. The van der Waals surface area contributed by atoms with Crippen LogP contribution in [-0.4, -0.2) is 68.7 Å². The molecular formula is C26H37BF5N4NaO4S. The molecule has 1 saturated heterocycles. The summed E-state index contributed by atoms with van der Waals surface area (Å²) in [5.41, 5.74) is 2.46. The minimum atomic E-state index is -4.21. The van der Waals surface area contributed by atoms with Gasteiger partial charge in [0.15, 0.2) is 0 Å². The van der Waals surface area contributed by atoms with E-state index in [-0.39, 0.29) is 55.8 Å². The topological polar surface area (TPSA) is 115 Å². The van der Waals surface area contributed by atoms with E-state index < -0.39 is 87.0 Å². The van der Waals surface area contributed by atoms with Gasteiger partial charge in [0, 0.05) is 6.54 Å². The average molecular weight is 630 g/mol. The van der Waals surface area contributed by atoms with Crippen molar-refractivity contribution in [3.05, 3.63) is 64.2 Å². The van der Waals surface area contributed by atoms with Gasteiger partial charge in [0.2, 0.25) is 10.0 Å². The van der Waals surface area contributed by atoms with E-state index in [9.17, 15) is 13.2 Å². The van der Waals surface area contributed by atoms with Crippen molar-refractivity contribution < 1.29 is 69.5 Å². The minimum Gasteiger partial charge on any atom is -0.444 e. The Kier molecular flexibility index (Phi) is 12.7. The van der Waals surface area contributed by atoms with Gasteiger partial charge in [-0.15, -0.1) is 0 Å². The van der Waals surface area contributed by atoms with Crippen LogP contribution in [0.3, 0.4) is 0 Å². The van der Waals surface area contributed by atoms with Gasteiger partial charge in [0.05, 0.1) is 29.6 Å². The Hall–Kier alpha value is -1.78. The fourth-order valence-corrected chi connectivity index (χ4v) is 5.31. The molecule has 2 atom stereocenters. The number of nitrogens with two attached hydrogens (primary N) is 1. The molecule has 8 nitrogen and oxygen atoms in total. The monoisotopic (exact) mass is 630 g/mol. The van der Waals surface area contributed by atoms with Crippen LogP contribution in [-0.2, 0) is 33.6 Å². The number of aryl methyl sites for hydroxylation is 1. The number of likely N-dealkylation sites (tertiary alicyclic amines) is 1. The summed E-state index contributed by atoms with van der Waals surface area (Å²) in [4.78, 5) is 17.4. The molecule has 0 aliphatic carbocycles. The number of amides is 1. The van der Waals surface area contributed by atoms with Crippen LogP contribution in [0.1, 0.15) is 55.8 Å². The summed E-state index contributed by atoms with van der Waals surface area (Å²) in [7, 11) is -4.21. The molecule has 0 radical (unpaired) electrons. The van der Waals surface area contributed by atoms with Gasteiger partial charge in [-0.3, -0.25) is 4.90 Å². The van der Waals surface area contributed by atoms with Crippen LogP contribution < -0.4 is 40.0 Å². The van der Waals surface area contributed by atoms with Crippen molar-refractivity contribution in [3.63, 3.8) is 0 Å². The first kappa shape index (κ1) is 38.2. The van der Waals surface area contributed by atoms with Crippen LogP contribution in [0, 0.1) is 12.7 Å². The van der Waals surface area contributed by atoms with Gasteiger partial charge in [0.25, 0.3) is 5.92 Å². The van der Waals surface area contributed by atoms with Crippen LogP contribution in [0.5, 0.6) is 0 Å². The van der Waals surface area contributed by atoms with Crippen molar-refractivity contribution >= 4 is 24.5 Å². The predicted octanol–water partition coefficient (Wildman–Crippen LogP) is -0.215. The second-order valence-corrected chi connectivity index (χ2v) is 12.7. The molecule has 42 heavy (non-hydrogen) atoms. The zero-order valence-corrected chi connectivity index (χ0v) is 26.6. The molecule has 1 aliphatic heterocycles. The van der Waals surface area contributed by atoms with Crippen LogP contribution >= 0.6 is 0 Å². The summed E-state index contributed by atoms with van der Waals surface area (Å²) >= 11 is 0. The number of carbonyl (C=O) groups excluding carboxylic acids is 1. The average Bonchev–Trinajstić information content (AvgIpc) is 3.08. The van der Waals surface area contributed by atoms with Gasteiger partial charge < -0.3 is 10.5 Å². The summed E-state index contributed by atoms with van der Waals surface area (Å²) in [5.74, 6) is -9.64. The zero-order valence-electron chi connectivity index (χ0n) is 23.8. The minimum absolute atomic E-state index is 0. The molecule has 230 valence electrons. The van der Waals surface area contributed by atoms with Gasteiger partial charge in [-0.05, 0) is 64.3 Å². The number of aromatic nitrogens is 1. The quantitative estimate of drug-likeness (QED) is 0.308. The fourth-order valence-electron chi connectivity index (χ4n) is 4.43. The van der Waals surface area contributed by atoms with E-state index in [4.69, 9.17) is 10.5 Å². The molecule has 1 aliphatic rings. The number of nitrogens with one attached hydrogen (secondary N) is 1. The van der Waals surface area contributed by atoms with E-state index in [2.05, 4.69) is 4.98 Å². The number of pyridine rings is 1. The molecule has 0 bridgehead atoms. The smallest absolute Gasteiger partial charge is 0.444 e. The standard InChI is InChI=1S/C26H33F5N4O4S.BH4.Na/c1-6-40(37,38)34-22-19(35(14-25(22,28)29)23(36)39-24(3,4)5)12-16-8-7-9-18(20(16)27)26(30,31)21-15(2)10-11-17(13-32)33-21;;/h7-11,19,22,34H,6,12-14,32H2,1-5H3;1H4;/q;-1;+1/t19-,22+;;/m0../s1. The van der Waals surface area contributed by atoms with Gasteiger partial charge in [-0.25, -0.2) is 36.1 Å². The van der Waals surface area contributed by atoms with E-state index in [0.29, 0.717) is 4.90 Å². The van der Waals surface area contributed by atoms with Crippen LogP contribution in [0.4, 0.5) is 26.7 Å². The van der Waals surface area contributed by atoms with Gasteiger partial charge in [-0.1, -0.05) is 26.6 Å². The van der Waals surface area contributed by atoms with E-state index >= 15 is 22.0 Å². The fraction of sp³-hybridized carbons (Fsp3) is 0.538. The molecule has 0 unspecified atom stereocenters. The number of nitrogens with zero attached hydrogens (tertiary/aromatic N) is 2. The number of carbonyl (C=O) groups is 1. The van der Waals surface area contributed by atoms with Gasteiger partial charge in [0.1, 0.15) is 23.2 Å². The summed E-state index contributed by atoms with van der Waals surface area (Å²) in [6.45, 7) is 5.78. The first-order valence-electron chi connectivity index (χ1n) is 12.5. The number of ether oxygens (including phenoxy) is 1. The number of hydrogen-bond donors (Lipinski definition) is 2. The molecule has 1 aromatic carbocycles. The zero-order chi connectivity index (χ0) is 30.3.